The number of hydrogen-bond donors (Lipinski definition) is 1. The van der Waals surface area contributed by atoms with Crippen molar-refractivity contribution < 1.29 is 14.4 Å². The standard InChI is InChI=1S/C11H20N2O3/c1-5-8(7(3)14)11-12-10(13-16-11)9(6-2)15-4/h7-9,14H,5-6H2,1-4H3. The van der Waals surface area contributed by atoms with Gasteiger partial charge in [0.25, 0.3) is 0 Å². The number of aromatic nitrogens is 2. The molecule has 3 atom stereocenters. The van der Waals surface area contributed by atoms with Crippen LogP contribution in [-0.4, -0.2) is 28.5 Å². The van der Waals surface area contributed by atoms with Gasteiger partial charge in [-0.1, -0.05) is 19.0 Å². The van der Waals surface area contributed by atoms with Crippen LogP contribution in [0.15, 0.2) is 4.52 Å². The lowest BCUT2D eigenvalue weighted by Crippen LogP contribution is -2.14. The highest BCUT2D eigenvalue weighted by atomic mass is 16.5. The molecule has 0 saturated heterocycles. The van der Waals surface area contributed by atoms with Crippen molar-refractivity contribution in [3.05, 3.63) is 11.7 Å². The van der Waals surface area contributed by atoms with Crippen LogP contribution in [0.2, 0.25) is 0 Å². The summed E-state index contributed by atoms with van der Waals surface area (Å²) in [5.41, 5.74) is 0. The molecule has 1 heterocycles. The molecule has 0 radical (unpaired) electrons. The summed E-state index contributed by atoms with van der Waals surface area (Å²) in [4.78, 5) is 4.28. The zero-order valence-electron chi connectivity index (χ0n) is 10.3. The van der Waals surface area contributed by atoms with E-state index in [1.165, 1.54) is 0 Å². The second-order valence-electron chi connectivity index (χ2n) is 3.88. The van der Waals surface area contributed by atoms with Crippen molar-refractivity contribution in [3.63, 3.8) is 0 Å². The number of ether oxygens (including phenoxy) is 1. The quantitative estimate of drug-likeness (QED) is 0.807. The summed E-state index contributed by atoms with van der Waals surface area (Å²) in [6.45, 7) is 5.71. The number of methoxy groups -OCH3 is 1. The largest absolute Gasteiger partial charge is 0.393 e. The van der Waals surface area contributed by atoms with E-state index in [1.54, 1.807) is 14.0 Å². The molecular formula is C11H20N2O3. The second-order valence-corrected chi connectivity index (χ2v) is 3.88. The van der Waals surface area contributed by atoms with Gasteiger partial charge in [0.05, 0.1) is 12.0 Å². The van der Waals surface area contributed by atoms with E-state index in [2.05, 4.69) is 10.1 Å². The Labute approximate surface area is 95.8 Å². The molecule has 0 aliphatic heterocycles. The van der Waals surface area contributed by atoms with E-state index in [9.17, 15) is 5.11 Å². The van der Waals surface area contributed by atoms with Crippen LogP contribution in [0.25, 0.3) is 0 Å². The molecule has 0 saturated carbocycles. The zero-order valence-corrected chi connectivity index (χ0v) is 10.3. The summed E-state index contributed by atoms with van der Waals surface area (Å²) >= 11 is 0. The third kappa shape index (κ3) is 2.80. The van der Waals surface area contributed by atoms with Gasteiger partial charge in [0.2, 0.25) is 11.7 Å². The van der Waals surface area contributed by atoms with Gasteiger partial charge in [0.15, 0.2) is 0 Å². The number of nitrogens with zero attached hydrogens (tertiary/aromatic N) is 2. The van der Waals surface area contributed by atoms with Crippen molar-refractivity contribution in [2.75, 3.05) is 7.11 Å². The van der Waals surface area contributed by atoms with Crippen LogP contribution in [0.3, 0.4) is 0 Å². The summed E-state index contributed by atoms with van der Waals surface area (Å²) in [6, 6.07) is 0. The van der Waals surface area contributed by atoms with Crippen LogP contribution < -0.4 is 0 Å². The highest BCUT2D eigenvalue weighted by Gasteiger charge is 2.24. The molecule has 1 aromatic heterocycles. The topological polar surface area (TPSA) is 68.4 Å². The molecule has 0 bridgehead atoms. The van der Waals surface area contributed by atoms with Gasteiger partial charge in [0, 0.05) is 7.11 Å². The lowest BCUT2D eigenvalue weighted by atomic mass is 10.0. The zero-order chi connectivity index (χ0) is 12.1. The number of aliphatic hydroxyl groups is 1. The SMILES string of the molecule is CCC(OC)c1noc(C(CC)C(C)O)n1. The van der Waals surface area contributed by atoms with Crippen LogP contribution in [0, 0.1) is 0 Å². The van der Waals surface area contributed by atoms with Gasteiger partial charge < -0.3 is 14.4 Å². The lowest BCUT2D eigenvalue weighted by Gasteiger charge is -2.12. The number of rotatable bonds is 6. The highest BCUT2D eigenvalue weighted by Crippen LogP contribution is 2.24. The Morgan fingerprint density at radius 3 is 2.50 bits per heavy atom. The van der Waals surface area contributed by atoms with Gasteiger partial charge in [0.1, 0.15) is 6.10 Å². The third-order valence-corrected chi connectivity index (χ3v) is 2.74. The Morgan fingerprint density at radius 2 is 2.06 bits per heavy atom. The second kappa shape index (κ2) is 5.96. The highest BCUT2D eigenvalue weighted by molar-refractivity contribution is 4.98. The molecule has 0 aliphatic rings. The van der Waals surface area contributed by atoms with Gasteiger partial charge in [-0.25, -0.2) is 0 Å². The van der Waals surface area contributed by atoms with Gasteiger partial charge in [-0.15, -0.1) is 0 Å². The number of aliphatic hydroxyl groups excluding tert-OH is 1. The first kappa shape index (κ1) is 13.1. The Bertz CT molecular complexity index is 308. The van der Waals surface area contributed by atoms with Crippen molar-refractivity contribution in [1.82, 2.24) is 10.1 Å². The van der Waals surface area contributed by atoms with E-state index >= 15 is 0 Å². The van der Waals surface area contributed by atoms with Crippen molar-refractivity contribution in [2.45, 2.75) is 51.7 Å². The van der Waals surface area contributed by atoms with Crippen LogP contribution in [0.4, 0.5) is 0 Å². The summed E-state index contributed by atoms with van der Waals surface area (Å²) < 4.78 is 10.4. The average Bonchev–Trinajstić information content (AvgIpc) is 2.70. The lowest BCUT2D eigenvalue weighted by molar-refractivity contribution is 0.0903. The van der Waals surface area contributed by atoms with E-state index in [-0.39, 0.29) is 12.0 Å². The Morgan fingerprint density at radius 1 is 1.38 bits per heavy atom. The Kier molecular flexibility index (Phi) is 4.89. The fourth-order valence-electron chi connectivity index (χ4n) is 1.71. The molecule has 3 unspecified atom stereocenters. The first-order valence-corrected chi connectivity index (χ1v) is 5.68. The van der Waals surface area contributed by atoms with Crippen LogP contribution in [0.1, 0.15) is 57.3 Å². The van der Waals surface area contributed by atoms with Crippen molar-refractivity contribution >= 4 is 0 Å². The van der Waals surface area contributed by atoms with Crippen molar-refractivity contribution in [3.8, 4) is 0 Å². The van der Waals surface area contributed by atoms with E-state index in [4.69, 9.17) is 9.26 Å². The van der Waals surface area contributed by atoms with E-state index < -0.39 is 6.10 Å². The predicted octanol–water partition coefficient (Wildman–Crippen LogP) is 2.04. The first-order chi connectivity index (χ1) is 7.63. The molecule has 0 aromatic carbocycles. The predicted molar refractivity (Wildman–Crippen MR) is 59.1 cm³/mol. The fraction of sp³-hybridized carbons (Fsp3) is 0.818. The molecule has 1 N–H and O–H groups in total. The molecule has 5 nitrogen and oxygen atoms in total. The van der Waals surface area contributed by atoms with E-state index in [0.717, 1.165) is 12.8 Å². The number of hydrogen-bond acceptors (Lipinski definition) is 5. The maximum absolute atomic E-state index is 9.57. The van der Waals surface area contributed by atoms with E-state index in [1.807, 2.05) is 13.8 Å². The molecule has 0 amide bonds. The summed E-state index contributed by atoms with van der Waals surface area (Å²) in [6.07, 6.45) is 0.939. The maximum Gasteiger partial charge on any atom is 0.232 e. The summed E-state index contributed by atoms with van der Waals surface area (Å²) in [5.74, 6) is 0.942. The smallest absolute Gasteiger partial charge is 0.232 e. The summed E-state index contributed by atoms with van der Waals surface area (Å²) in [5, 5.41) is 13.5. The summed E-state index contributed by atoms with van der Waals surface area (Å²) in [7, 11) is 1.62. The molecule has 16 heavy (non-hydrogen) atoms. The van der Waals surface area contributed by atoms with Gasteiger partial charge >= 0.3 is 0 Å². The molecule has 5 heteroatoms. The monoisotopic (exact) mass is 228 g/mol. The first-order valence-electron chi connectivity index (χ1n) is 5.68. The molecule has 1 rings (SSSR count). The molecule has 92 valence electrons. The molecule has 0 fully saturated rings. The van der Waals surface area contributed by atoms with Gasteiger partial charge in [-0.2, -0.15) is 4.98 Å². The maximum atomic E-state index is 9.57. The molecule has 1 aromatic rings. The van der Waals surface area contributed by atoms with Crippen LogP contribution in [0.5, 0.6) is 0 Å². The minimum absolute atomic E-state index is 0.101. The fourth-order valence-corrected chi connectivity index (χ4v) is 1.71. The molecule has 0 aliphatic carbocycles. The van der Waals surface area contributed by atoms with Gasteiger partial charge in [-0.3, -0.25) is 0 Å². The molecular weight excluding hydrogens is 208 g/mol. The van der Waals surface area contributed by atoms with Crippen LogP contribution in [-0.2, 0) is 4.74 Å². The van der Waals surface area contributed by atoms with Crippen molar-refractivity contribution in [2.24, 2.45) is 0 Å². The van der Waals surface area contributed by atoms with E-state index in [0.29, 0.717) is 11.7 Å². The Balaban J connectivity index is 2.84. The third-order valence-electron chi connectivity index (χ3n) is 2.74. The normalized spacial score (nSPS) is 17.1. The Hall–Kier alpha value is -0.940. The molecule has 0 spiro atoms. The minimum Gasteiger partial charge on any atom is -0.393 e. The van der Waals surface area contributed by atoms with Crippen LogP contribution >= 0.6 is 0 Å². The average molecular weight is 228 g/mol. The van der Waals surface area contributed by atoms with Gasteiger partial charge in [-0.05, 0) is 19.8 Å². The minimum atomic E-state index is -0.485. The van der Waals surface area contributed by atoms with Crippen molar-refractivity contribution in [1.29, 1.82) is 0 Å².